The van der Waals surface area contributed by atoms with Crippen LogP contribution in [0.2, 0.25) is 0 Å². The van der Waals surface area contributed by atoms with E-state index in [1.54, 1.807) is 21.0 Å². The minimum Gasteiger partial charge on any atom is -0.490 e. The van der Waals surface area contributed by atoms with Gasteiger partial charge in [-0.1, -0.05) is 95.6 Å². The average Bonchev–Trinajstić information content (AvgIpc) is 3.09. The number of primary amides is 1. The zero-order chi connectivity index (χ0) is 42.9. The van der Waals surface area contributed by atoms with Gasteiger partial charge in [0.15, 0.2) is 11.5 Å². The van der Waals surface area contributed by atoms with Crippen LogP contribution < -0.4 is 26.3 Å². The summed E-state index contributed by atoms with van der Waals surface area (Å²) in [4.78, 5) is 27.1. The van der Waals surface area contributed by atoms with Crippen LogP contribution >= 0.6 is 0 Å². The van der Waals surface area contributed by atoms with Gasteiger partial charge in [0.25, 0.3) is 0 Å². The van der Waals surface area contributed by atoms with Gasteiger partial charge in [-0.3, -0.25) is 9.59 Å². The van der Waals surface area contributed by atoms with Crippen molar-refractivity contribution in [2.45, 2.75) is 154 Å². The van der Waals surface area contributed by atoms with Crippen LogP contribution in [-0.4, -0.2) is 63.0 Å². The highest BCUT2D eigenvalue weighted by Crippen LogP contribution is 2.47. The molecule has 0 spiro atoms. The maximum Gasteiger partial charge on any atom is 0.226 e. The van der Waals surface area contributed by atoms with Crippen molar-refractivity contribution in [2.24, 2.45) is 63.2 Å². The van der Waals surface area contributed by atoms with Crippen LogP contribution in [0.4, 0.5) is 0 Å². The molecule has 1 aromatic rings. The third kappa shape index (κ3) is 12.3. The summed E-state index contributed by atoms with van der Waals surface area (Å²) < 4.78 is 32.4. The van der Waals surface area contributed by atoms with Crippen LogP contribution in [-0.2, 0) is 19.1 Å². The van der Waals surface area contributed by atoms with Crippen molar-refractivity contribution < 1.29 is 628 Å². The van der Waals surface area contributed by atoms with Crippen molar-refractivity contribution in [1.82, 2.24) is 5.32 Å². The molecule has 9 heteroatoms. The minimum atomic E-state index is -0.959. The van der Waals surface area contributed by atoms with E-state index in [0.717, 1.165) is 12.0 Å². The summed E-state index contributed by atoms with van der Waals surface area (Å²) in [6.45, 7) is 36.2. The van der Waals surface area contributed by atoms with Crippen molar-refractivity contribution in [1.29, 1.82) is 0 Å². The Bertz CT molecular complexity index is 1590. The Morgan fingerprint density at radius 2 is 1.48 bits per heavy atom. The highest BCUT2D eigenvalue weighted by Gasteiger charge is 2.50. The van der Waals surface area contributed by atoms with E-state index < -0.39 is 39.9 Å². The van der Waals surface area contributed by atoms with Crippen LogP contribution in [0.3, 0.4) is 0 Å². The summed E-state index contributed by atoms with van der Waals surface area (Å²) in [5.41, 5.74) is 11.4. The smallest absolute Gasteiger partial charge is 0.226 e. The van der Waals surface area contributed by atoms with Crippen LogP contribution in [0.5, 0.6) is 11.5 Å². The molecule has 1152 valence electrons. The Morgan fingerprint density at radius 1 is 0.889 bits per heavy atom. The second-order valence-corrected chi connectivity index (χ2v) is 18.7. The molecule has 5 N–H and O–H groups in total. The summed E-state index contributed by atoms with van der Waals surface area (Å²) in [7, 11) is 1.69. The van der Waals surface area contributed by atoms with E-state index in [-0.39, 0.29) is 646 Å². The number of hydrogen-bond acceptors (Lipinski definition) is 7. The molecule has 6 unspecified atom stereocenters. The number of amides is 2. The largest absolute Gasteiger partial charge is 0.490 e. The normalized spacial score (nSPS) is 20.2. The van der Waals surface area contributed by atoms with Gasteiger partial charge in [-0.15, -0.1) is 0 Å². The number of methoxy groups -OCH3 is 1. The molecule has 0 fully saturated rings. The second kappa shape index (κ2) is 20.7. The van der Waals surface area contributed by atoms with E-state index >= 15 is 0 Å². The molecule has 54 heavy (non-hydrogen) atoms. The third-order valence-corrected chi connectivity index (χ3v) is 13.3. The number of hydrogen-bond donors (Lipinski definition) is 3. The first-order valence-corrected chi connectivity index (χ1v) is 20.5. The van der Waals surface area contributed by atoms with Gasteiger partial charge in [-0.05, 0) is 99.7 Å². The molecule has 10 atom stereocenters. The van der Waals surface area contributed by atoms with Crippen LogP contribution in [0.25, 0.3) is 0 Å². The minimum absolute atomic E-state index is 0. The molecular weight excluding hydrogens is 679 g/mol. The number of nitrogens with one attached hydrogen (secondary N) is 1. The Hall–Kier alpha value is -2.36. The van der Waals surface area contributed by atoms with E-state index in [9.17, 15) is 9.59 Å². The number of nitrogens with two attached hydrogens (primary N) is 2. The van der Waals surface area contributed by atoms with Crippen molar-refractivity contribution >= 4 is 11.8 Å². The van der Waals surface area contributed by atoms with Gasteiger partial charge in [0.05, 0.1) is 44.2 Å². The molecule has 0 aliphatic rings. The molecular formula is C45H921N3O6. The Labute approximate surface area is 954 Å². The fourth-order valence-corrected chi connectivity index (χ4v) is 7.75. The van der Waals surface area contributed by atoms with Crippen LogP contribution in [0.1, 0.15) is 741 Å². The van der Waals surface area contributed by atoms with Crippen LogP contribution in [0, 0.1) is 51.8 Å². The van der Waals surface area contributed by atoms with Gasteiger partial charge in [-0.25, -0.2) is 0 Å². The lowest BCUT2D eigenvalue weighted by atomic mass is 9.61. The summed E-state index contributed by atoms with van der Waals surface area (Å²) in [6, 6.07) is 6.23. The predicted octanol–water partition coefficient (Wildman–Crippen LogP) is 112. The maximum atomic E-state index is 14.4. The van der Waals surface area contributed by atoms with Crippen molar-refractivity contribution in [3.63, 3.8) is 0 Å². The lowest BCUT2D eigenvalue weighted by Gasteiger charge is -2.49. The van der Waals surface area contributed by atoms with E-state index in [4.69, 9.17) is 31.8 Å². The molecule has 0 radical (unpaired) electrons. The number of rotatable bonds is 24. The number of ether oxygens (including phenoxy) is 4. The average molecular weight is 1610 g/mol. The van der Waals surface area contributed by atoms with E-state index in [0.29, 0.717) is 43.7 Å². The highest BCUT2D eigenvalue weighted by molar-refractivity contribution is 5.85. The first kappa shape index (κ1) is 47.8. The van der Waals surface area contributed by atoms with E-state index in [2.05, 4.69) is 72.8 Å². The molecule has 0 saturated heterocycles. The molecule has 9 nitrogen and oxygen atoms in total. The molecule has 0 aromatic heterocycles. The Kier molecular flexibility index (Phi) is 18.3. The Balaban J connectivity index is -0.000000000173. The first-order chi connectivity index (χ1) is 25.0. The number of benzene rings is 1. The summed E-state index contributed by atoms with van der Waals surface area (Å²) in [5, 5.41) is 3.16. The zero-order valence-corrected chi connectivity index (χ0v) is 37.7. The molecule has 0 bridgehead atoms. The lowest BCUT2D eigenvalue weighted by Crippen LogP contribution is -2.60. The highest BCUT2D eigenvalue weighted by atomic mass is 16.5. The first-order valence-electron chi connectivity index (χ1n) is 21.0. The van der Waals surface area contributed by atoms with Crippen LogP contribution in [0.15, 0.2) is 18.2 Å². The summed E-state index contributed by atoms with van der Waals surface area (Å²) >= 11 is 0. The molecule has 0 aliphatic heterocycles. The van der Waals surface area contributed by atoms with Gasteiger partial charge >= 0.3 is 0 Å². The summed E-state index contributed by atoms with van der Waals surface area (Å²) in [5.74, 6) is 1.61. The standard InChI is InChI=1S/C45H83N3O6.419H2/c1-19-31(8)39(32(9)35-21-22-36(52-20-2)37(23-35)54-26-30(7)25-53-29(5)6)34(11)45(17,47)38(51-18)24-43(15,33(10)28(3)4)41(50)48-27-44(16,40(46)49)42(12,13)14;;;;;;;;;;;;;;;;;;;;;;;;;;;;;;;;;;;;;;;;;;;;;;;;;;;;;;;;;;;;;;;;;;;;;;;;;;;;;;;;;;;;;;;;;;;;;;;;;;;;;;;;;;;;;;;;;;;;;;;;;;;;;;;;;;;;;;;;;;;;;;;;;;;;;;;;;;;;;;;;;;;;;;;;;;;;;;;;;;;;;;;;;;;;;;;;;;;;;;;;;;;;;;;;;;;;;;;;;;;;;;;;;;;;;;;;;;;;;;;;;;;;;;;;;;;;;;;;;;;;;;;;;;;;;;;;;;;;;;;;;;;;;;;;;;;;;;;;;;;;;;;;;;;;;;;;;;;;;;;;;;;;;;;;;;;;;;;;;;;;;;;;;;;;;;;;;;;;;;;;;;;;;;;;;;;;;;;;;;;;;;;;;;;;;;;;;;;;;;;;;;;;;;;;;;;;;;;;;;;/h21-23,28-34,38-39H,19-20,24-27,47H2,1-18H3,(H2,46,49)(H,48,50);419*1H/t30?,31?,32?,33?,34?,38-,39+,43+,44?,45+;;;;;;;;;;;;;;;;;;;;;;;;;;;;;;;;;;;;;;;;;;;;;;;;;;;;;;;;;;;;;;;;;;;;;;;;;;;;;;;;;;;;;;;;;;;;;;;;;;;;;;;;;;;;;;;;;;;;;;;;;;;;;;;;;;;;;;;;;;;;;;;;;;;;;;;;;;;;;;;;;;;;;;;;;;;;;;;;;;;;;;;;;;;;;;;;;;;;;;;;;;;;;;;;;;;;;;;;;;;;;;;;;;;;;;;;;;;;;;;;;;;;;;;;;;;;;;;;;;;;;;;;;;;;;;;;;;;;;;;;;;;;;;;;;;;;;;;;;;;;;;;;;;;;;;;;;;;;;;;;;;;;;;;;;;;;;;;;;;;;;;;;;;;;;;;;;;;;;;;;;;;;;;;;;;;;;;;;;;;;;;;;;;;;;;;;;;;;;;;;;;;;;;;;;;;;;;;;;;;/m1.................................................................................................................................................................................................................................................................................................................................................................................................................................../s1/i29D;;;;;;;;;;;;;;;;;;;;;;;;;;;;;;;;;;;;;;;;;;;;;;;;;;;;;;;;;;;;;;;;;;;;;;;;;;;;;;;;;;;;;;;;;;;;;;;;;;;;;;;;;;;;;;;;;;;;;;;;;;;;;;;;;;;;;;;;;;;;;;;;;;;;;;;;;;;;;;;;;;;;;;;;;;;;;;;;;;;;;;;;;;;;;;;;;;;;;;;;;;;;;;;;;;;;;;;;;;;;;;;;;;;;;;;;;;;;;;;;;;;;;;;;;;;;;;;;;;;;;;;;;;;;;;;;;;;;;;;;;;;;;;;;;;;;;;;;;;;;;;;;;;;;;;;;;;;;;;;;;;;;;;;;;;;;;;;;;;;;;;;;;;;;;;;;;;;;;;;;;;;;;;;;;;;;;;;;;;;;;;;;;;;;;;;;;;;;;;;;;;;;;;;;;;;;;;;;;;;. The second-order valence-electron chi connectivity index (χ2n) is 18.7. The maximum absolute atomic E-state index is 14.4. The monoisotopic (exact) mass is 1610 g/mol. The van der Waals surface area contributed by atoms with E-state index in [1.165, 1.54) is 0 Å². The fourth-order valence-electron chi connectivity index (χ4n) is 7.75. The molecule has 1 rings (SSSR count). The SMILES string of the molecule is [2H]C(C)(C)OCC(C)COc1cc(C(C)[C@H](C(C)CC)C(C)[C@](C)(N)[C@@H](C[C@](C)(C(=O)NCC(C)(C(N)=O)C(C)(C)C)C(C)C(C)C)OC)ccc1OCC.[HH].[HH].[HH].[HH].[HH].[HH].[HH].[HH].[HH].[HH].[HH].[HH].[HH].[HH].[HH].[HH].[HH].[HH].[HH].[HH].[HH].[HH].[HH].[HH].[HH].[HH].[HH].[HH].[HH].[HH].[HH].[HH].[HH].[HH].[HH].[HH].[HH].[HH].[HH].[HH].[HH].[HH].[HH].[HH].[HH].[HH].[HH].[HH].[HH].[HH].[HH].[HH].[HH].[HH].[HH].[HH].[HH].[HH].[HH].[HH].[HH].[HH].[HH].[HH].[HH].[HH].[HH].[HH].[HH].[HH].[HH].[HH].[HH].[HH].[HH].[HH].[HH].[HH].[HH].[HH].[HH].[HH].[HH].[HH].[HH].[HH].[HH].[HH].[HH].[HH].[HH].[HH].[HH].[HH].[HH].[HH].[HH].[HH].[HH].[HH].[HH].[HH].[HH].[HH].[HH].[HH].[HH].[HH].[HH].[HH].[HH].[HH].[HH].[HH].[HH].[HH].[HH].[HH].[HH].[HH].[HH].[HH].[HH].[HH].[HH].[HH].[HH].[HH].[HH].[HH].[HH].[HH].[HH].[HH].[HH].[HH].[HH].[HH].[HH].[HH].[HH].[HH].[HH].[HH].[HH].[HH].[HH].[HH].[HH].[HH].[HH].[HH].[HH].[HH].[HH].[HH].[HH].[HH].[HH].[HH].[HH].[HH].[HH].[HH].[HH].[HH].[HH].[HH].[HH].[HH].[HH].[HH].[HH].[HH].[HH].[HH].[HH].[HH].[HH].[HH].[HH].[HH].[HH].[HH].[HH].[HH].[HH].[HH].[HH].[HH].[HH].[HH].[HH].[HH].[HH].[HH].[HH].[HH].[HH].[HH].[HH].[HH].[HH].[HH].[HH].[HH].[HH].[HH].[HH].[HH].[HH].[HH].[HH].[HH].[HH].[HH].[HH].[HH].[HH].[HH].[HH].[HH].[HH].[HH].[HH].[HH].[HH].[HH].[HH].[HH].[HH].[HH].[HH].[HH].[HH].[HH].[HH].[HH].[HH].[HH].[HH].[HH].[HH].[HH].[HH].[HH].[HH].[HH].[HH].[HH].[HH].[HH].[HH].[HH].[HH].[HH].[HH].[HH].[HH].[HH].[HH].[HH].[HH].[HH].[HH].[HH].[HH].[HH].[HH].[HH].[HH].[HH].[HH].[HH].[HH].[HH].[HH].[HH].[HH].[HH].[HH].[HH].[HH].[HH].[HH].[HH].[HH].[HH].[HH].[HH].[HH].[HH].[HH].[HH].[HH].[HH].[HH].[HH].[HH].[HH].[HH].[HH].[HH].[HH].[HH].[HH].[HH].[HH].[HH].[HH].[HH].[HH].[HH].[HH].[HH].[HH].[HH].[HH].[HH].[HH].[HH].[HH].[HH].[HH].[HH].[HH].[HH].[HH].[HH].[HH].[HH].[HH].[HH].[HH].[HH].[HH].[HH].[HH].[HH].[HH].[HH].[HH].[HH].[HH].[HH].[HH].[HH].[HH].[HH].[HH].[HH].[HH].[HH].[HH].[HH].[HH].[HH].[HH].[HH].[HH].[HH].[HH].[HH].[HH].[HH].[HH].[HH].[HH].[HH].[HH].[HH].[HH].[HH].[HH].[HH].[HH].[HH].[HH].[HH].[HH].[HH].[HH].[HH].[HH].[HH].[HH].[HH].[HH].[HH].[HH].[HH].[HH].[HH].[HH].[HH].[HH].[HH].[HH].[HH].[HH].[HH].[HH].[HH].[HH].[HH].[HH].[HH].[HH].[HH].[HH].[HH].[HH].[HH].[HH].[HH].[HH].[HH].[HH].[HH]. The lowest BCUT2D eigenvalue weighted by molar-refractivity contribution is -0.141. The molecule has 1 aromatic carbocycles. The topological polar surface area (TPSA) is 135 Å². The van der Waals surface area contributed by atoms with Crippen molar-refractivity contribution in [3.05, 3.63) is 23.8 Å². The van der Waals surface area contributed by atoms with Crippen molar-refractivity contribution in [3.8, 4) is 11.5 Å². The molecule has 0 heterocycles. The van der Waals surface area contributed by atoms with Gasteiger partial charge in [0.1, 0.15) is 0 Å². The van der Waals surface area contributed by atoms with Gasteiger partial charge in [0.2, 0.25) is 11.8 Å². The summed E-state index contributed by atoms with van der Waals surface area (Å²) in [6.07, 6.45) is -0.0515. The van der Waals surface area contributed by atoms with Crippen molar-refractivity contribution in [2.75, 3.05) is 33.5 Å². The van der Waals surface area contributed by atoms with Gasteiger partial charge in [0, 0.05) is 623 Å². The molecule has 0 saturated carbocycles. The predicted molar refractivity (Wildman–Crippen MR) is 1110 cm³/mol. The Morgan fingerprint density at radius 3 is 1.94 bits per heavy atom. The van der Waals surface area contributed by atoms with Gasteiger partial charge < -0.3 is 35.7 Å². The molecule has 2 amide bonds. The molecule has 0 aliphatic carbocycles. The fraction of sp³-hybridized carbons (Fsp3) is 0.822. The number of carbonyl (C=O) groups excluding carboxylic acids is 2. The number of carbonyl (C=O) groups is 2. The zero-order valence-electron chi connectivity index (χ0n) is 38.7. The third-order valence-electron chi connectivity index (χ3n) is 13.3. The quantitative estimate of drug-likeness (QED) is 0.0938. The van der Waals surface area contributed by atoms with Gasteiger partial charge in [-0.2, -0.15) is 0 Å². The van der Waals surface area contributed by atoms with E-state index in [1.807, 2.05) is 54.5 Å².